The molecule has 0 spiro atoms. The molecule has 0 aliphatic rings. The fourth-order valence-electron chi connectivity index (χ4n) is 7.40. The number of nitrogens with zero attached hydrogens (tertiary/aromatic N) is 3. The number of rotatable bonds is 6. The van der Waals surface area contributed by atoms with Gasteiger partial charge in [0.05, 0.1) is 16.6 Å². The second-order valence-electron chi connectivity index (χ2n) is 12.7. The monoisotopic (exact) mass is 655 g/mol. The molecule has 5 nitrogen and oxygen atoms in total. The first kappa shape index (κ1) is 29.0. The average Bonchev–Trinajstić information content (AvgIpc) is 3.86. The molecule has 4 heterocycles. The van der Waals surface area contributed by atoms with Gasteiger partial charge in [0.2, 0.25) is 0 Å². The van der Waals surface area contributed by atoms with E-state index in [9.17, 15) is 0 Å². The van der Waals surface area contributed by atoms with Gasteiger partial charge in [-0.3, -0.25) is 4.57 Å². The lowest BCUT2D eigenvalue weighted by Gasteiger charge is -2.10. The summed E-state index contributed by atoms with van der Waals surface area (Å²) in [5.41, 5.74) is 11.3. The van der Waals surface area contributed by atoms with Crippen LogP contribution in [0.3, 0.4) is 0 Å². The maximum atomic E-state index is 6.22. The highest BCUT2D eigenvalue weighted by atomic mass is 16.3. The van der Waals surface area contributed by atoms with E-state index in [1.165, 1.54) is 0 Å². The van der Waals surface area contributed by atoms with Crippen LogP contribution < -0.4 is 0 Å². The Balaban J connectivity index is 1.31. The van der Waals surface area contributed by atoms with E-state index in [1.54, 1.807) is 6.08 Å². The summed E-state index contributed by atoms with van der Waals surface area (Å²) in [4.78, 5) is 10.6. The SMILES string of the molecule is C=Cc1oc2ccc(-c3ccc4c(c3)c3c(-c5ccccc5)nc(-c5ccccc5)nc3n4-c3ccc4oc5ccccc5c4c3)cc2c1C=C. The molecule has 0 saturated heterocycles. The van der Waals surface area contributed by atoms with Crippen LogP contribution >= 0.6 is 0 Å². The Hall–Kier alpha value is -6.98. The number of fused-ring (bicyclic) bond motifs is 7. The molecule has 0 radical (unpaired) electrons. The third-order valence-electron chi connectivity index (χ3n) is 9.78. The molecule has 51 heavy (non-hydrogen) atoms. The third kappa shape index (κ3) is 4.49. The number of aromatic nitrogens is 3. The van der Waals surface area contributed by atoms with E-state index in [1.807, 2.05) is 48.5 Å². The van der Waals surface area contributed by atoms with Crippen molar-refractivity contribution in [2.45, 2.75) is 0 Å². The molecule has 240 valence electrons. The molecule has 10 rings (SSSR count). The maximum absolute atomic E-state index is 6.22. The highest BCUT2D eigenvalue weighted by Crippen LogP contribution is 2.41. The van der Waals surface area contributed by atoms with Gasteiger partial charge >= 0.3 is 0 Å². The van der Waals surface area contributed by atoms with Crippen LogP contribution in [0.15, 0.2) is 162 Å². The van der Waals surface area contributed by atoms with Gasteiger partial charge in [-0.2, -0.15) is 0 Å². The number of furan rings is 2. The molecular formula is C46H29N3O2. The summed E-state index contributed by atoms with van der Waals surface area (Å²) in [6.45, 7) is 7.97. The molecule has 0 bridgehead atoms. The second kappa shape index (κ2) is 11.3. The zero-order valence-corrected chi connectivity index (χ0v) is 27.5. The number of hydrogen-bond donors (Lipinski definition) is 0. The van der Waals surface area contributed by atoms with Crippen molar-refractivity contribution in [3.63, 3.8) is 0 Å². The maximum Gasteiger partial charge on any atom is 0.162 e. The predicted octanol–water partition coefficient (Wildman–Crippen LogP) is 12.5. The lowest BCUT2D eigenvalue weighted by atomic mass is 9.99. The van der Waals surface area contributed by atoms with Crippen molar-refractivity contribution in [3.05, 3.63) is 164 Å². The van der Waals surface area contributed by atoms with E-state index < -0.39 is 0 Å². The van der Waals surface area contributed by atoms with Gasteiger partial charge < -0.3 is 8.83 Å². The largest absolute Gasteiger partial charge is 0.456 e. The van der Waals surface area contributed by atoms with E-state index in [0.29, 0.717) is 5.82 Å². The average molecular weight is 656 g/mol. The van der Waals surface area contributed by atoms with Crippen molar-refractivity contribution in [2.24, 2.45) is 0 Å². The molecule has 5 heteroatoms. The first-order valence-corrected chi connectivity index (χ1v) is 16.9. The quantitative estimate of drug-likeness (QED) is 0.179. The topological polar surface area (TPSA) is 57.0 Å². The highest BCUT2D eigenvalue weighted by molar-refractivity contribution is 6.15. The van der Waals surface area contributed by atoms with Crippen LogP contribution in [0.5, 0.6) is 0 Å². The van der Waals surface area contributed by atoms with Crippen LogP contribution in [-0.2, 0) is 0 Å². The smallest absolute Gasteiger partial charge is 0.162 e. The van der Waals surface area contributed by atoms with Crippen molar-refractivity contribution < 1.29 is 8.83 Å². The number of benzene rings is 6. The summed E-state index contributed by atoms with van der Waals surface area (Å²) in [6.07, 6.45) is 3.56. The molecule has 0 unspecified atom stereocenters. The van der Waals surface area contributed by atoms with E-state index in [-0.39, 0.29) is 0 Å². The lowest BCUT2D eigenvalue weighted by Crippen LogP contribution is -1.99. The van der Waals surface area contributed by atoms with Crippen molar-refractivity contribution in [3.8, 4) is 39.5 Å². The summed E-state index contributed by atoms with van der Waals surface area (Å²) >= 11 is 0. The van der Waals surface area contributed by atoms with Crippen molar-refractivity contribution in [2.75, 3.05) is 0 Å². The molecule has 6 aromatic carbocycles. The first-order chi connectivity index (χ1) is 25.2. The van der Waals surface area contributed by atoms with E-state index in [0.717, 1.165) is 99.8 Å². The molecule has 0 aliphatic carbocycles. The first-order valence-electron chi connectivity index (χ1n) is 16.9. The van der Waals surface area contributed by atoms with Gasteiger partial charge in [-0.25, -0.2) is 9.97 Å². The molecule has 0 atom stereocenters. The van der Waals surface area contributed by atoms with Gasteiger partial charge in [0.15, 0.2) is 5.82 Å². The summed E-state index contributed by atoms with van der Waals surface area (Å²) in [6, 6.07) is 48.1. The lowest BCUT2D eigenvalue weighted by molar-refractivity contribution is 0.603. The fraction of sp³-hybridized carbons (Fsp3) is 0. The minimum atomic E-state index is 0.668. The van der Waals surface area contributed by atoms with E-state index in [2.05, 4.69) is 115 Å². The van der Waals surface area contributed by atoms with Crippen molar-refractivity contribution >= 4 is 67.0 Å². The Labute approximate surface area is 293 Å². The van der Waals surface area contributed by atoms with Gasteiger partial charge in [0, 0.05) is 43.9 Å². The summed E-state index contributed by atoms with van der Waals surface area (Å²) in [5, 5.41) is 5.18. The van der Waals surface area contributed by atoms with Gasteiger partial charge in [0.1, 0.15) is 28.2 Å². The van der Waals surface area contributed by atoms with Crippen LogP contribution in [0, 0.1) is 0 Å². The summed E-state index contributed by atoms with van der Waals surface area (Å²) in [7, 11) is 0. The zero-order valence-electron chi connectivity index (χ0n) is 27.5. The van der Waals surface area contributed by atoms with E-state index >= 15 is 0 Å². The Morgan fingerprint density at radius 1 is 0.510 bits per heavy atom. The Bertz CT molecular complexity index is 3000. The van der Waals surface area contributed by atoms with Crippen LogP contribution in [0.4, 0.5) is 0 Å². The molecule has 0 N–H and O–H groups in total. The molecule has 0 aliphatic heterocycles. The summed E-state index contributed by atoms with van der Waals surface area (Å²) < 4.78 is 14.5. The van der Waals surface area contributed by atoms with Crippen LogP contribution in [0.1, 0.15) is 11.3 Å². The highest BCUT2D eigenvalue weighted by Gasteiger charge is 2.22. The zero-order chi connectivity index (χ0) is 34.1. The molecule has 4 aromatic heterocycles. The van der Waals surface area contributed by atoms with Crippen molar-refractivity contribution in [1.29, 1.82) is 0 Å². The van der Waals surface area contributed by atoms with Crippen LogP contribution in [0.2, 0.25) is 0 Å². The normalized spacial score (nSPS) is 11.7. The number of para-hydroxylation sites is 1. The van der Waals surface area contributed by atoms with Crippen LogP contribution in [0.25, 0.3) is 106 Å². The molecule has 0 fully saturated rings. The molecule has 0 saturated carbocycles. The molecule has 10 aromatic rings. The molecular weight excluding hydrogens is 627 g/mol. The van der Waals surface area contributed by atoms with Crippen molar-refractivity contribution in [1.82, 2.24) is 14.5 Å². The Kier molecular flexibility index (Phi) is 6.42. The number of hydrogen-bond acceptors (Lipinski definition) is 4. The Morgan fingerprint density at radius 3 is 1.96 bits per heavy atom. The Morgan fingerprint density at radius 2 is 1.18 bits per heavy atom. The third-order valence-corrected chi connectivity index (χ3v) is 9.78. The van der Waals surface area contributed by atoms with Gasteiger partial charge in [-0.1, -0.05) is 110 Å². The molecule has 0 amide bonds. The minimum Gasteiger partial charge on any atom is -0.456 e. The standard InChI is InChI=1S/C46H29N3O2/c1-3-33-35-25-31(20-23-41(35)50-39(33)4-2)30-19-22-38-37(26-30)43-44(28-13-7-5-8-14-28)47-45(29-15-9-6-10-16-29)48-46(43)49(38)32-21-24-42-36(27-32)34-17-11-12-18-40(34)51-42/h3-27H,1-2H2. The minimum absolute atomic E-state index is 0.668. The van der Waals surface area contributed by atoms with Gasteiger partial charge in [0.25, 0.3) is 0 Å². The van der Waals surface area contributed by atoms with E-state index in [4.69, 9.17) is 18.8 Å². The summed E-state index contributed by atoms with van der Waals surface area (Å²) in [5.74, 6) is 1.39. The van der Waals surface area contributed by atoms with Crippen LogP contribution in [-0.4, -0.2) is 14.5 Å². The van der Waals surface area contributed by atoms with Gasteiger partial charge in [-0.15, -0.1) is 0 Å². The predicted molar refractivity (Wildman–Crippen MR) is 210 cm³/mol. The fourth-order valence-corrected chi connectivity index (χ4v) is 7.40. The van der Waals surface area contributed by atoms with Gasteiger partial charge in [-0.05, 0) is 65.7 Å². The second-order valence-corrected chi connectivity index (χ2v) is 12.7.